The summed E-state index contributed by atoms with van der Waals surface area (Å²) in [7, 11) is 0. The van der Waals surface area contributed by atoms with Crippen LogP contribution in [0.25, 0.3) is 0 Å². The molecule has 0 amide bonds. The van der Waals surface area contributed by atoms with Gasteiger partial charge in [-0.05, 0) is 32.1 Å². The number of rotatable bonds is 24. The van der Waals surface area contributed by atoms with E-state index in [0.29, 0.717) is 6.42 Å². The predicted octanol–water partition coefficient (Wildman–Crippen LogP) is 7.39. The van der Waals surface area contributed by atoms with Crippen LogP contribution in [0.4, 0.5) is 0 Å². The Morgan fingerprint density at radius 1 is 0.533 bits per heavy atom. The summed E-state index contributed by atoms with van der Waals surface area (Å²) in [6, 6.07) is 0. The van der Waals surface area contributed by atoms with Crippen LogP contribution in [-0.4, -0.2) is 33.5 Å². The van der Waals surface area contributed by atoms with Gasteiger partial charge in [0.25, 0.3) is 0 Å². The van der Waals surface area contributed by atoms with Gasteiger partial charge in [0, 0.05) is 6.42 Å². The van der Waals surface area contributed by atoms with Gasteiger partial charge in [-0.3, -0.25) is 4.79 Å². The molecule has 0 fully saturated rings. The molecule has 0 aromatic carbocycles. The fourth-order valence-electron chi connectivity index (χ4n) is 4.07. The molecule has 0 bridgehead atoms. The molecule has 0 saturated heterocycles. The molecule has 0 aromatic rings. The largest absolute Gasteiger partial charge is 0.481 e. The van der Waals surface area contributed by atoms with Crippen molar-refractivity contribution in [1.82, 2.24) is 0 Å². The Balaban J connectivity index is 3.18. The molecule has 180 valence electrons. The van der Waals surface area contributed by atoms with E-state index in [0.717, 1.165) is 57.8 Å². The summed E-state index contributed by atoms with van der Waals surface area (Å²) in [5.41, 5.74) is 0. The smallest absolute Gasteiger partial charge is 0.303 e. The van der Waals surface area contributed by atoms with E-state index in [1.807, 2.05) is 0 Å². The summed E-state index contributed by atoms with van der Waals surface area (Å²) >= 11 is 0. The fourth-order valence-corrected chi connectivity index (χ4v) is 4.07. The highest BCUT2D eigenvalue weighted by Gasteiger charge is 2.09. The van der Waals surface area contributed by atoms with E-state index < -0.39 is 5.97 Å². The molecule has 0 aliphatic rings. The zero-order chi connectivity index (χ0) is 22.3. The third-order valence-corrected chi connectivity index (χ3v) is 6.15. The minimum atomic E-state index is -0.668. The van der Waals surface area contributed by atoms with Gasteiger partial charge >= 0.3 is 5.97 Å². The number of carboxylic acids is 1. The molecule has 3 N–H and O–H groups in total. The number of aliphatic hydroxyl groups is 2. The summed E-state index contributed by atoms with van der Waals surface area (Å²) in [4.78, 5) is 10.4. The number of aliphatic carboxylic acids is 1. The van der Waals surface area contributed by atoms with Crippen molar-refractivity contribution in [3.05, 3.63) is 0 Å². The van der Waals surface area contributed by atoms with Crippen LogP contribution < -0.4 is 0 Å². The van der Waals surface area contributed by atoms with Gasteiger partial charge in [-0.2, -0.15) is 0 Å². The summed E-state index contributed by atoms with van der Waals surface area (Å²) in [6.45, 7) is 2.14. The van der Waals surface area contributed by atoms with Crippen molar-refractivity contribution in [2.75, 3.05) is 0 Å². The molecule has 2 unspecified atom stereocenters. The van der Waals surface area contributed by atoms with E-state index in [1.54, 1.807) is 0 Å². The highest BCUT2D eigenvalue weighted by Crippen LogP contribution is 2.16. The average Bonchev–Trinajstić information content (AvgIpc) is 2.72. The molecular weight excluding hydrogens is 376 g/mol. The summed E-state index contributed by atoms with van der Waals surface area (Å²) in [5, 5.41) is 28.4. The van der Waals surface area contributed by atoms with Crippen molar-refractivity contribution in [2.24, 2.45) is 0 Å². The average molecular weight is 429 g/mol. The van der Waals surface area contributed by atoms with Crippen molar-refractivity contribution in [2.45, 2.75) is 160 Å². The molecule has 0 radical (unpaired) electrons. The Labute approximate surface area is 186 Å². The molecule has 2 atom stereocenters. The highest BCUT2D eigenvalue weighted by atomic mass is 16.4. The highest BCUT2D eigenvalue weighted by molar-refractivity contribution is 5.66. The fraction of sp³-hybridized carbons (Fsp3) is 0.962. The van der Waals surface area contributed by atoms with Gasteiger partial charge in [-0.15, -0.1) is 0 Å². The molecule has 0 saturated carbocycles. The summed E-state index contributed by atoms with van der Waals surface area (Å²) < 4.78 is 0. The third kappa shape index (κ3) is 23.7. The summed E-state index contributed by atoms with van der Waals surface area (Å²) in [5.74, 6) is -0.668. The molecule has 4 nitrogen and oxygen atoms in total. The van der Waals surface area contributed by atoms with Crippen LogP contribution in [0.15, 0.2) is 0 Å². The van der Waals surface area contributed by atoms with E-state index in [1.165, 1.54) is 77.0 Å². The van der Waals surface area contributed by atoms with E-state index in [4.69, 9.17) is 5.11 Å². The van der Waals surface area contributed by atoms with Crippen molar-refractivity contribution in [3.63, 3.8) is 0 Å². The van der Waals surface area contributed by atoms with Crippen LogP contribution >= 0.6 is 0 Å². The second-order valence-corrected chi connectivity index (χ2v) is 9.26. The second-order valence-electron chi connectivity index (χ2n) is 9.26. The first kappa shape index (κ1) is 29.4. The molecule has 0 aliphatic carbocycles. The molecule has 30 heavy (non-hydrogen) atoms. The molecule has 0 aliphatic heterocycles. The Hall–Kier alpha value is -0.610. The zero-order valence-electron chi connectivity index (χ0n) is 20.0. The van der Waals surface area contributed by atoms with Gasteiger partial charge < -0.3 is 15.3 Å². The molecule has 0 aromatic heterocycles. The lowest BCUT2D eigenvalue weighted by Crippen LogP contribution is -2.13. The first-order chi connectivity index (χ1) is 14.6. The maximum absolute atomic E-state index is 10.4. The lowest BCUT2D eigenvalue weighted by Gasteiger charge is -2.14. The Kier molecular flexibility index (Phi) is 22.6. The van der Waals surface area contributed by atoms with Gasteiger partial charge in [-0.25, -0.2) is 0 Å². The van der Waals surface area contributed by atoms with Gasteiger partial charge in [0.15, 0.2) is 0 Å². The maximum atomic E-state index is 10.4. The van der Waals surface area contributed by atoms with Crippen LogP contribution in [0.2, 0.25) is 0 Å². The number of unbranched alkanes of at least 4 members (excludes halogenated alkanes) is 15. The molecule has 0 heterocycles. The molecular formula is C26H52O4. The van der Waals surface area contributed by atoms with Crippen LogP contribution in [0.5, 0.6) is 0 Å². The van der Waals surface area contributed by atoms with Crippen molar-refractivity contribution < 1.29 is 20.1 Å². The summed E-state index contributed by atoms with van der Waals surface area (Å²) in [6.07, 6.45) is 24.0. The van der Waals surface area contributed by atoms with Gasteiger partial charge in [0.05, 0.1) is 12.2 Å². The van der Waals surface area contributed by atoms with Crippen LogP contribution in [0.1, 0.15) is 148 Å². The maximum Gasteiger partial charge on any atom is 0.303 e. The van der Waals surface area contributed by atoms with E-state index in [-0.39, 0.29) is 12.2 Å². The second kappa shape index (κ2) is 23.1. The number of aliphatic hydroxyl groups excluding tert-OH is 2. The lowest BCUT2D eigenvalue weighted by atomic mass is 10.0. The van der Waals surface area contributed by atoms with E-state index in [2.05, 4.69) is 6.92 Å². The zero-order valence-corrected chi connectivity index (χ0v) is 20.0. The Morgan fingerprint density at radius 2 is 0.867 bits per heavy atom. The number of hydrogen-bond donors (Lipinski definition) is 3. The first-order valence-corrected chi connectivity index (χ1v) is 13.1. The Morgan fingerprint density at radius 3 is 1.23 bits per heavy atom. The number of carboxylic acid groups (broad SMARTS) is 1. The standard InChI is InChI=1S/C26H52O4/c1-2-3-19-24(27)22-23-25(28)20-17-15-13-11-9-7-5-4-6-8-10-12-14-16-18-21-26(29)30/h24-25,27-28H,2-23H2,1H3,(H,29,30). The predicted molar refractivity (Wildman–Crippen MR) is 127 cm³/mol. The van der Waals surface area contributed by atoms with Crippen molar-refractivity contribution in [1.29, 1.82) is 0 Å². The van der Waals surface area contributed by atoms with Gasteiger partial charge in [0.1, 0.15) is 0 Å². The lowest BCUT2D eigenvalue weighted by molar-refractivity contribution is -0.137. The van der Waals surface area contributed by atoms with Crippen molar-refractivity contribution >= 4 is 5.97 Å². The quantitative estimate of drug-likeness (QED) is 0.140. The normalized spacial score (nSPS) is 13.4. The molecule has 0 rings (SSSR count). The van der Waals surface area contributed by atoms with Gasteiger partial charge in [0.2, 0.25) is 0 Å². The Bertz CT molecular complexity index is 359. The number of hydrogen-bond acceptors (Lipinski definition) is 3. The first-order valence-electron chi connectivity index (χ1n) is 13.1. The monoisotopic (exact) mass is 428 g/mol. The minimum Gasteiger partial charge on any atom is -0.481 e. The van der Waals surface area contributed by atoms with E-state index >= 15 is 0 Å². The van der Waals surface area contributed by atoms with Crippen LogP contribution in [-0.2, 0) is 4.79 Å². The third-order valence-electron chi connectivity index (χ3n) is 6.15. The van der Waals surface area contributed by atoms with Crippen molar-refractivity contribution in [3.8, 4) is 0 Å². The molecule has 0 spiro atoms. The van der Waals surface area contributed by atoms with E-state index in [9.17, 15) is 15.0 Å². The van der Waals surface area contributed by atoms with Crippen LogP contribution in [0, 0.1) is 0 Å². The number of carbonyl (C=O) groups is 1. The topological polar surface area (TPSA) is 77.8 Å². The van der Waals surface area contributed by atoms with Crippen LogP contribution in [0.3, 0.4) is 0 Å². The molecule has 4 heteroatoms. The SMILES string of the molecule is CCCCC(O)CCC(O)CCCCCCCCCCCCCCCCCC(=O)O. The minimum absolute atomic E-state index is 0.227. The van der Waals surface area contributed by atoms with Gasteiger partial charge in [-0.1, -0.05) is 110 Å².